The van der Waals surface area contributed by atoms with Crippen LogP contribution >= 0.6 is 0 Å². The van der Waals surface area contributed by atoms with Crippen LogP contribution in [0.25, 0.3) is 11.5 Å². The van der Waals surface area contributed by atoms with Gasteiger partial charge in [-0.25, -0.2) is 18.7 Å². The fraction of sp³-hybridized carbons (Fsp3) is 0.458. The zero-order chi connectivity index (χ0) is 25.1. The Morgan fingerprint density at radius 3 is 2.69 bits per heavy atom. The van der Waals surface area contributed by atoms with Crippen molar-refractivity contribution in [2.45, 2.75) is 38.2 Å². The Bertz CT molecular complexity index is 1210. The number of nitrogens with one attached hydrogen (secondary N) is 1. The summed E-state index contributed by atoms with van der Waals surface area (Å²) >= 11 is 0. The molecule has 190 valence electrons. The van der Waals surface area contributed by atoms with Gasteiger partial charge in [-0.2, -0.15) is 5.10 Å². The van der Waals surface area contributed by atoms with E-state index in [2.05, 4.69) is 25.3 Å². The molecule has 0 unspecified atom stereocenters. The summed E-state index contributed by atoms with van der Waals surface area (Å²) in [5, 5.41) is 6.54. The van der Waals surface area contributed by atoms with Crippen LogP contribution < -0.4 is 10.2 Å². The quantitative estimate of drug-likeness (QED) is 0.486. The first kappa shape index (κ1) is 24.0. The predicted octanol–water partition coefficient (Wildman–Crippen LogP) is 3.89. The van der Waals surface area contributed by atoms with Crippen molar-refractivity contribution < 1.29 is 27.5 Å². The molecule has 1 saturated heterocycles. The summed E-state index contributed by atoms with van der Waals surface area (Å²) in [6.07, 6.45) is 5.01. The number of oxazole rings is 1. The number of pyridine rings is 1. The number of anilines is 2. The van der Waals surface area contributed by atoms with Crippen LogP contribution in [0, 0.1) is 5.92 Å². The normalized spacial score (nSPS) is 20.5. The minimum Gasteiger partial charge on any atom is -0.444 e. The lowest BCUT2D eigenvalue weighted by Gasteiger charge is -2.27. The van der Waals surface area contributed by atoms with Crippen LogP contribution in [0.15, 0.2) is 35.2 Å². The first-order valence-corrected chi connectivity index (χ1v) is 11.9. The molecule has 10 nitrogen and oxygen atoms in total. The van der Waals surface area contributed by atoms with E-state index in [-0.39, 0.29) is 29.2 Å². The average Bonchev–Trinajstić information content (AvgIpc) is 3.58. The van der Waals surface area contributed by atoms with Gasteiger partial charge in [-0.1, -0.05) is 0 Å². The second-order valence-electron chi connectivity index (χ2n) is 8.91. The molecule has 1 saturated carbocycles. The van der Waals surface area contributed by atoms with Gasteiger partial charge in [0.25, 0.3) is 12.3 Å². The SMILES string of the molecule is O=CC1CCC(n2cc(NC(=O)c3coc(-c4ccnc(N5CCOCC5)c4)n3)c(C(F)F)n2)CC1. The van der Waals surface area contributed by atoms with Gasteiger partial charge in [-0.15, -0.1) is 0 Å². The molecule has 36 heavy (non-hydrogen) atoms. The maximum Gasteiger partial charge on any atom is 0.284 e. The van der Waals surface area contributed by atoms with Gasteiger partial charge in [-0.3, -0.25) is 9.48 Å². The number of hydrogen-bond acceptors (Lipinski definition) is 8. The number of ether oxygens (including phenoxy) is 1. The number of halogens is 2. The average molecular weight is 501 g/mol. The van der Waals surface area contributed by atoms with E-state index < -0.39 is 18.0 Å². The summed E-state index contributed by atoms with van der Waals surface area (Å²) in [5.41, 5.74) is 0.0104. The predicted molar refractivity (Wildman–Crippen MR) is 125 cm³/mol. The van der Waals surface area contributed by atoms with Gasteiger partial charge < -0.3 is 24.2 Å². The number of hydrogen-bond donors (Lipinski definition) is 1. The van der Waals surface area contributed by atoms with Crippen LogP contribution in [0.4, 0.5) is 20.3 Å². The van der Waals surface area contributed by atoms with Crippen molar-refractivity contribution in [2.24, 2.45) is 5.92 Å². The molecule has 1 aliphatic carbocycles. The smallest absolute Gasteiger partial charge is 0.284 e. The van der Waals surface area contributed by atoms with Gasteiger partial charge in [0.05, 0.1) is 24.9 Å². The highest BCUT2D eigenvalue weighted by atomic mass is 19.3. The standard InChI is InChI=1S/C24H26F2N6O4/c25-22(26)21-18(12-32(30-21)17-3-1-15(13-33)2-4-17)28-23(34)19-14-36-24(29-19)16-5-6-27-20(11-16)31-7-9-35-10-8-31/h5-6,11-15,17,22H,1-4,7-10H2,(H,28,34). The van der Waals surface area contributed by atoms with Gasteiger partial charge in [-0.05, 0) is 37.8 Å². The summed E-state index contributed by atoms with van der Waals surface area (Å²) < 4.78 is 39.7. The number of morpholine rings is 1. The summed E-state index contributed by atoms with van der Waals surface area (Å²) in [6.45, 7) is 2.67. The van der Waals surface area contributed by atoms with Gasteiger partial charge in [0.2, 0.25) is 5.89 Å². The van der Waals surface area contributed by atoms with Crippen molar-refractivity contribution in [2.75, 3.05) is 36.5 Å². The minimum atomic E-state index is -2.86. The molecule has 0 bridgehead atoms. The summed E-state index contributed by atoms with van der Waals surface area (Å²) in [5.74, 6) is 0.278. The molecule has 0 atom stereocenters. The van der Waals surface area contributed by atoms with Gasteiger partial charge in [0, 0.05) is 37.0 Å². The molecule has 4 heterocycles. The Labute approximate surface area is 205 Å². The lowest BCUT2D eigenvalue weighted by molar-refractivity contribution is -0.112. The van der Waals surface area contributed by atoms with E-state index in [1.165, 1.54) is 17.1 Å². The fourth-order valence-electron chi connectivity index (χ4n) is 4.57. The van der Waals surface area contributed by atoms with E-state index in [0.29, 0.717) is 57.6 Å². The molecule has 1 amide bonds. The number of carbonyl (C=O) groups is 2. The van der Waals surface area contributed by atoms with E-state index in [4.69, 9.17) is 9.15 Å². The molecular weight excluding hydrogens is 474 g/mol. The third-order valence-electron chi connectivity index (χ3n) is 6.59. The second kappa shape index (κ2) is 10.5. The molecule has 2 fully saturated rings. The van der Waals surface area contributed by atoms with E-state index in [9.17, 15) is 18.4 Å². The number of rotatable bonds is 7. The van der Waals surface area contributed by atoms with Gasteiger partial charge in [0.15, 0.2) is 11.4 Å². The van der Waals surface area contributed by atoms with Crippen LogP contribution in [0.5, 0.6) is 0 Å². The number of aromatic nitrogens is 4. The molecule has 5 rings (SSSR count). The highest BCUT2D eigenvalue weighted by Gasteiger charge is 2.27. The zero-order valence-electron chi connectivity index (χ0n) is 19.5. The first-order valence-electron chi connectivity index (χ1n) is 11.9. The molecule has 1 N–H and O–H groups in total. The monoisotopic (exact) mass is 500 g/mol. The highest BCUT2D eigenvalue weighted by molar-refractivity contribution is 6.03. The molecule has 0 spiro atoms. The Hall–Kier alpha value is -3.67. The zero-order valence-corrected chi connectivity index (χ0v) is 19.5. The number of amides is 1. The molecule has 3 aromatic rings. The second-order valence-corrected chi connectivity index (χ2v) is 8.91. The number of alkyl halides is 2. The van der Waals surface area contributed by atoms with Crippen molar-refractivity contribution >= 4 is 23.7 Å². The Morgan fingerprint density at radius 1 is 1.19 bits per heavy atom. The third kappa shape index (κ3) is 5.13. The summed E-state index contributed by atoms with van der Waals surface area (Å²) in [6, 6.07) is 3.43. The number of carbonyl (C=O) groups excluding carboxylic acids is 2. The molecule has 3 aromatic heterocycles. The number of aldehydes is 1. The van der Waals surface area contributed by atoms with E-state index in [0.717, 1.165) is 12.1 Å². The van der Waals surface area contributed by atoms with Gasteiger partial charge in [0.1, 0.15) is 18.4 Å². The number of nitrogens with zero attached hydrogens (tertiary/aromatic N) is 5. The molecular formula is C24H26F2N6O4. The van der Waals surface area contributed by atoms with Crippen molar-refractivity contribution in [3.05, 3.63) is 42.2 Å². The summed E-state index contributed by atoms with van der Waals surface area (Å²) in [4.78, 5) is 34.5. The fourth-order valence-corrected chi connectivity index (χ4v) is 4.57. The largest absolute Gasteiger partial charge is 0.444 e. The van der Waals surface area contributed by atoms with E-state index in [1.54, 1.807) is 12.3 Å². The van der Waals surface area contributed by atoms with Crippen LogP contribution in [0.1, 0.15) is 54.3 Å². The molecule has 12 heteroatoms. The minimum absolute atomic E-state index is 0.00254. The molecule has 1 aliphatic heterocycles. The Kier molecular flexibility index (Phi) is 7.03. The maximum absolute atomic E-state index is 13.7. The van der Waals surface area contributed by atoms with Crippen molar-refractivity contribution in [3.8, 4) is 11.5 Å². The maximum atomic E-state index is 13.7. The Balaban J connectivity index is 1.30. The van der Waals surface area contributed by atoms with Crippen LogP contribution in [-0.2, 0) is 9.53 Å². The van der Waals surface area contributed by atoms with Crippen molar-refractivity contribution in [1.82, 2.24) is 19.7 Å². The Morgan fingerprint density at radius 2 is 1.97 bits per heavy atom. The van der Waals surface area contributed by atoms with E-state index in [1.807, 2.05) is 6.07 Å². The van der Waals surface area contributed by atoms with Crippen LogP contribution in [0.3, 0.4) is 0 Å². The van der Waals surface area contributed by atoms with Crippen LogP contribution in [0.2, 0.25) is 0 Å². The van der Waals surface area contributed by atoms with Gasteiger partial charge >= 0.3 is 0 Å². The summed E-state index contributed by atoms with van der Waals surface area (Å²) in [7, 11) is 0. The highest BCUT2D eigenvalue weighted by Crippen LogP contribution is 2.34. The molecule has 0 radical (unpaired) electrons. The van der Waals surface area contributed by atoms with Crippen LogP contribution in [-0.4, -0.2) is 58.2 Å². The third-order valence-corrected chi connectivity index (χ3v) is 6.59. The van der Waals surface area contributed by atoms with E-state index >= 15 is 0 Å². The van der Waals surface area contributed by atoms with Crippen molar-refractivity contribution in [1.29, 1.82) is 0 Å². The molecule has 0 aromatic carbocycles. The first-order chi connectivity index (χ1) is 17.5. The molecule has 2 aliphatic rings. The topological polar surface area (TPSA) is 115 Å². The lowest BCUT2D eigenvalue weighted by Crippen LogP contribution is -2.36. The lowest BCUT2D eigenvalue weighted by atomic mass is 9.87. The van der Waals surface area contributed by atoms with Crippen molar-refractivity contribution in [3.63, 3.8) is 0 Å².